The van der Waals surface area contributed by atoms with Gasteiger partial charge in [0, 0.05) is 13.6 Å². The average Bonchev–Trinajstić information content (AvgIpc) is 3.00. The lowest BCUT2D eigenvalue weighted by molar-refractivity contribution is 0.0364. The third kappa shape index (κ3) is 4.29. The van der Waals surface area contributed by atoms with Crippen molar-refractivity contribution < 1.29 is 14.3 Å². The molecule has 6 heteroatoms. The Hall–Kier alpha value is -2.47. The van der Waals surface area contributed by atoms with Crippen LogP contribution in [0, 0.1) is 6.92 Å². The number of furan rings is 1. The Bertz CT molecular complexity index is 694. The molecule has 24 heavy (non-hydrogen) atoms. The molecule has 0 bridgehead atoms. The summed E-state index contributed by atoms with van der Waals surface area (Å²) in [5, 5.41) is 16.0. The second kappa shape index (κ2) is 7.40. The first-order valence-corrected chi connectivity index (χ1v) is 7.98. The van der Waals surface area contributed by atoms with Crippen molar-refractivity contribution in [1.29, 1.82) is 0 Å². The smallest absolute Gasteiger partial charge is 0.319 e. The first-order valence-electron chi connectivity index (χ1n) is 7.98. The minimum atomic E-state index is -1.27. The van der Waals surface area contributed by atoms with Crippen LogP contribution in [-0.4, -0.2) is 31.3 Å². The number of nitrogens with zero attached hydrogens (tertiary/aromatic N) is 1. The van der Waals surface area contributed by atoms with E-state index in [0.29, 0.717) is 17.2 Å². The number of rotatable bonds is 6. The summed E-state index contributed by atoms with van der Waals surface area (Å²) < 4.78 is 5.44. The van der Waals surface area contributed by atoms with Gasteiger partial charge < -0.3 is 25.1 Å². The number of hydrogen-bond acceptors (Lipinski definition) is 4. The van der Waals surface area contributed by atoms with Crippen LogP contribution in [0.25, 0.3) is 0 Å². The molecule has 1 heterocycles. The summed E-state index contributed by atoms with van der Waals surface area (Å²) in [7, 11) is 1.96. The van der Waals surface area contributed by atoms with Gasteiger partial charge in [0.2, 0.25) is 0 Å². The molecule has 1 atom stereocenters. The Morgan fingerprint density at radius 3 is 2.62 bits per heavy atom. The lowest BCUT2D eigenvalue weighted by Crippen LogP contribution is -2.40. The molecule has 130 valence electrons. The zero-order chi connectivity index (χ0) is 17.7. The van der Waals surface area contributed by atoms with Gasteiger partial charge in [-0.2, -0.15) is 0 Å². The molecule has 2 rings (SSSR count). The van der Waals surface area contributed by atoms with E-state index < -0.39 is 5.60 Å². The second-order valence-corrected chi connectivity index (χ2v) is 6.02. The lowest BCUT2D eigenvalue weighted by Gasteiger charge is -2.23. The van der Waals surface area contributed by atoms with Gasteiger partial charge in [-0.15, -0.1) is 0 Å². The molecule has 0 aliphatic carbocycles. The van der Waals surface area contributed by atoms with Gasteiger partial charge in [0.05, 0.1) is 17.9 Å². The van der Waals surface area contributed by atoms with E-state index >= 15 is 0 Å². The monoisotopic (exact) mass is 331 g/mol. The molecule has 0 spiro atoms. The van der Waals surface area contributed by atoms with E-state index in [1.165, 1.54) is 0 Å². The minimum Gasteiger partial charge on any atom is -0.463 e. The van der Waals surface area contributed by atoms with E-state index in [1.807, 2.05) is 43.1 Å². The molecule has 6 nitrogen and oxygen atoms in total. The number of aryl methyl sites for hydroxylation is 1. The number of anilines is 2. The van der Waals surface area contributed by atoms with Gasteiger partial charge in [-0.3, -0.25) is 0 Å². The molecule has 0 radical (unpaired) electrons. The topological polar surface area (TPSA) is 77.7 Å². The third-order valence-corrected chi connectivity index (χ3v) is 3.90. The highest BCUT2D eigenvalue weighted by Gasteiger charge is 2.27. The Morgan fingerprint density at radius 2 is 2.00 bits per heavy atom. The summed E-state index contributed by atoms with van der Waals surface area (Å²) in [6.07, 6.45) is 0. The highest BCUT2D eigenvalue weighted by atomic mass is 16.4. The predicted octanol–water partition coefficient (Wildman–Crippen LogP) is 3.07. The van der Waals surface area contributed by atoms with Crippen molar-refractivity contribution in [2.75, 3.05) is 30.4 Å². The van der Waals surface area contributed by atoms with Gasteiger partial charge in [-0.25, -0.2) is 4.79 Å². The van der Waals surface area contributed by atoms with Crippen molar-refractivity contribution in [3.05, 3.63) is 47.9 Å². The molecule has 3 N–H and O–H groups in total. The molecule has 0 aliphatic heterocycles. The van der Waals surface area contributed by atoms with Gasteiger partial charge in [0.15, 0.2) is 0 Å². The molecular formula is C18H25N3O3. The normalized spacial score (nSPS) is 13.2. The number of amides is 2. The minimum absolute atomic E-state index is 0.0393. The van der Waals surface area contributed by atoms with Crippen molar-refractivity contribution in [2.24, 2.45) is 0 Å². The van der Waals surface area contributed by atoms with E-state index in [2.05, 4.69) is 10.6 Å². The van der Waals surface area contributed by atoms with Gasteiger partial charge in [0.1, 0.15) is 17.1 Å². The van der Waals surface area contributed by atoms with E-state index in [9.17, 15) is 9.90 Å². The van der Waals surface area contributed by atoms with Crippen LogP contribution in [0.3, 0.4) is 0 Å². The van der Waals surface area contributed by atoms with Crippen LogP contribution in [0.2, 0.25) is 0 Å². The summed E-state index contributed by atoms with van der Waals surface area (Å²) >= 11 is 0. The molecule has 0 saturated carbocycles. The zero-order valence-corrected chi connectivity index (χ0v) is 14.6. The summed E-state index contributed by atoms with van der Waals surface area (Å²) in [5.74, 6) is 1.14. The fourth-order valence-corrected chi connectivity index (χ4v) is 2.31. The van der Waals surface area contributed by atoms with Gasteiger partial charge in [0.25, 0.3) is 0 Å². The van der Waals surface area contributed by atoms with Crippen LogP contribution in [0.5, 0.6) is 0 Å². The summed E-state index contributed by atoms with van der Waals surface area (Å²) in [4.78, 5) is 14.2. The molecule has 0 fully saturated rings. The van der Waals surface area contributed by atoms with Gasteiger partial charge >= 0.3 is 6.03 Å². The number of carbonyl (C=O) groups is 1. The predicted molar refractivity (Wildman–Crippen MR) is 95.4 cm³/mol. The lowest BCUT2D eigenvalue weighted by atomic mass is 10.0. The molecule has 1 aromatic carbocycles. The van der Waals surface area contributed by atoms with Gasteiger partial charge in [-0.05, 0) is 45.0 Å². The summed E-state index contributed by atoms with van der Waals surface area (Å²) in [6, 6.07) is 10.7. The van der Waals surface area contributed by atoms with Crippen molar-refractivity contribution in [2.45, 2.75) is 26.4 Å². The Labute approximate surface area is 142 Å². The maximum absolute atomic E-state index is 12.2. The van der Waals surface area contributed by atoms with Crippen LogP contribution in [0.15, 0.2) is 40.8 Å². The Morgan fingerprint density at radius 1 is 1.29 bits per heavy atom. The van der Waals surface area contributed by atoms with Gasteiger partial charge in [-0.1, -0.05) is 12.1 Å². The quantitative estimate of drug-likeness (QED) is 0.760. The number of aliphatic hydroxyl groups is 1. The van der Waals surface area contributed by atoms with Crippen LogP contribution in [0.1, 0.15) is 25.4 Å². The maximum atomic E-state index is 12.2. The van der Waals surface area contributed by atoms with Crippen LogP contribution >= 0.6 is 0 Å². The second-order valence-electron chi connectivity index (χ2n) is 6.02. The fraction of sp³-hybridized carbons (Fsp3) is 0.389. The maximum Gasteiger partial charge on any atom is 0.319 e. The Kier molecular flexibility index (Phi) is 5.51. The Balaban J connectivity index is 1.99. The standard InChI is InChI=1S/C18H25N3O3/c1-5-21(4)15-9-7-6-8-14(15)20-17(22)19-12-18(3,23)16-11-10-13(2)24-16/h6-11,23H,5,12H2,1-4H3,(H2,19,20,22)/t18-/m1/s1. The van der Waals surface area contributed by atoms with Crippen molar-refractivity contribution in [3.8, 4) is 0 Å². The average molecular weight is 331 g/mol. The van der Waals surface area contributed by atoms with E-state index in [0.717, 1.165) is 12.2 Å². The number of carbonyl (C=O) groups excluding carboxylic acids is 1. The van der Waals surface area contributed by atoms with Crippen molar-refractivity contribution >= 4 is 17.4 Å². The number of para-hydroxylation sites is 2. The fourth-order valence-electron chi connectivity index (χ4n) is 2.31. The molecule has 0 saturated heterocycles. The highest BCUT2D eigenvalue weighted by molar-refractivity contribution is 5.93. The first kappa shape index (κ1) is 17.9. The van der Waals surface area contributed by atoms with Crippen molar-refractivity contribution in [1.82, 2.24) is 5.32 Å². The van der Waals surface area contributed by atoms with Crippen LogP contribution in [-0.2, 0) is 5.60 Å². The first-order chi connectivity index (χ1) is 11.3. The largest absolute Gasteiger partial charge is 0.463 e. The van der Waals surface area contributed by atoms with E-state index in [1.54, 1.807) is 26.0 Å². The van der Waals surface area contributed by atoms with Crippen LogP contribution < -0.4 is 15.5 Å². The SMILES string of the molecule is CCN(C)c1ccccc1NC(=O)NC[C@@](C)(O)c1ccc(C)o1. The summed E-state index contributed by atoms with van der Waals surface area (Å²) in [6.45, 7) is 6.31. The van der Waals surface area contributed by atoms with Crippen LogP contribution in [0.4, 0.5) is 16.2 Å². The van der Waals surface area contributed by atoms with E-state index in [-0.39, 0.29) is 12.6 Å². The summed E-state index contributed by atoms with van der Waals surface area (Å²) in [5.41, 5.74) is 0.377. The molecular weight excluding hydrogens is 306 g/mol. The number of urea groups is 1. The van der Waals surface area contributed by atoms with Crippen molar-refractivity contribution in [3.63, 3.8) is 0 Å². The third-order valence-electron chi connectivity index (χ3n) is 3.90. The number of nitrogens with one attached hydrogen (secondary N) is 2. The number of hydrogen-bond donors (Lipinski definition) is 3. The molecule has 2 aromatic rings. The molecule has 1 aromatic heterocycles. The molecule has 2 amide bonds. The number of benzene rings is 1. The zero-order valence-electron chi connectivity index (χ0n) is 14.6. The van der Waals surface area contributed by atoms with E-state index in [4.69, 9.17) is 4.42 Å². The molecule has 0 unspecified atom stereocenters. The highest BCUT2D eigenvalue weighted by Crippen LogP contribution is 2.25. The molecule has 0 aliphatic rings.